The van der Waals surface area contributed by atoms with Crippen molar-refractivity contribution in [2.45, 2.75) is 58.3 Å². The fraction of sp³-hybridized carbons (Fsp3) is 0.643. The van der Waals surface area contributed by atoms with Crippen LogP contribution in [0.5, 0.6) is 0 Å². The maximum absolute atomic E-state index is 10.2. The second-order valence-corrected chi connectivity index (χ2v) is 3.99. The number of rotatable bonds is 10. The lowest BCUT2D eigenvalue weighted by atomic mass is 10.2. The summed E-state index contributed by atoms with van der Waals surface area (Å²) in [4.78, 5) is 10.2. The first-order chi connectivity index (χ1) is 7.77. The van der Waals surface area contributed by atoms with E-state index in [1.165, 1.54) is 19.3 Å². The molecular weight excluding hydrogens is 200 g/mol. The first kappa shape index (κ1) is 14.9. The monoisotopic (exact) mass is 224 g/mol. The van der Waals surface area contributed by atoms with Crippen molar-refractivity contribution < 1.29 is 9.90 Å². The summed E-state index contributed by atoms with van der Waals surface area (Å²) in [5.74, 6) is -0.695. The van der Waals surface area contributed by atoms with Crippen LogP contribution in [-0.2, 0) is 4.79 Å². The minimum Gasteiger partial charge on any atom is -0.481 e. The zero-order chi connectivity index (χ0) is 12.1. The molecule has 0 unspecified atom stereocenters. The quantitative estimate of drug-likeness (QED) is 0.443. The molecule has 0 aromatic heterocycles. The molecule has 2 nitrogen and oxygen atoms in total. The van der Waals surface area contributed by atoms with Crippen molar-refractivity contribution in [3.8, 4) is 0 Å². The van der Waals surface area contributed by atoms with Gasteiger partial charge in [-0.25, -0.2) is 0 Å². The molecule has 0 aliphatic heterocycles. The van der Waals surface area contributed by atoms with E-state index in [2.05, 4.69) is 31.2 Å². The highest BCUT2D eigenvalue weighted by molar-refractivity contribution is 5.66. The average Bonchev–Trinajstić information content (AvgIpc) is 2.25. The van der Waals surface area contributed by atoms with E-state index in [1.54, 1.807) is 0 Å². The van der Waals surface area contributed by atoms with Crippen LogP contribution < -0.4 is 0 Å². The maximum Gasteiger partial charge on any atom is 0.303 e. The predicted octanol–water partition coefficient (Wildman–Crippen LogP) is 4.32. The summed E-state index contributed by atoms with van der Waals surface area (Å²) in [6.07, 6.45) is 16.5. The number of carboxylic acid groups (broad SMARTS) is 1. The first-order valence-electron chi connectivity index (χ1n) is 6.30. The zero-order valence-corrected chi connectivity index (χ0v) is 10.3. The molecule has 0 bridgehead atoms. The molecule has 0 atom stereocenters. The van der Waals surface area contributed by atoms with Crippen LogP contribution in [0.25, 0.3) is 0 Å². The lowest BCUT2D eigenvalue weighted by Crippen LogP contribution is -1.92. The third kappa shape index (κ3) is 12.9. The van der Waals surface area contributed by atoms with Gasteiger partial charge in [-0.15, -0.1) is 0 Å². The van der Waals surface area contributed by atoms with Crippen LogP contribution in [0.4, 0.5) is 0 Å². The van der Waals surface area contributed by atoms with Gasteiger partial charge in [-0.3, -0.25) is 4.79 Å². The van der Waals surface area contributed by atoms with Gasteiger partial charge in [-0.05, 0) is 32.1 Å². The Bertz CT molecular complexity index is 217. The van der Waals surface area contributed by atoms with Gasteiger partial charge in [0.2, 0.25) is 0 Å². The summed E-state index contributed by atoms with van der Waals surface area (Å²) < 4.78 is 0. The molecule has 0 aromatic rings. The first-order valence-corrected chi connectivity index (χ1v) is 6.30. The average molecular weight is 224 g/mol. The number of carboxylic acids is 1. The van der Waals surface area contributed by atoms with Gasteiger partial charge in [-0.1, -0.05) is 44.1 Å². The van der Waals surface area contributed by atoms with Gasteiger partial charge in [0.15, 0.2) is 0 Å². The zero-order valence-electron chi connectivity index (χ0n) is 10.3. The Morgan fingerprint density at radius 3 is 2.06 bits per heavy atom. The lowest BCUT2D eigenvalue weighted by Gasteiger charge is -1.92. The molecule has 0 saturated heterocycles. The van der Waals surface area contributed by atoms with E-state index in [-0.39, 0.29) is 0 Å². The number of hydrogen-bond donors (Lipinski definition) is 1. The normalized spacial score (nSPS) is 11.6. The van der Waals surface area contributed by atoms with Crippen LogP contribution in [0, 0.1) is 0 Å². The largest absolute Gasteiger partial charge is 0.481 e. The third-order valence-corrected chi connectivity index (χ3v) is 2.37. The summed E-state index contributed by atoms with van der Waals surface area (Å²) in [6.45, 7) is 2.21. The molecule has 0 heterocycles. The topological polar surface area (TPSA) is 37.3 Å². The molecule has 0 saturated carbocycles. The van der Waals surface area contributed by atoms with Crippen molar-refractivity contribution in [2.75, 3.05) is 0 Å². The highest BCUT2D eigenvalue weighted by Crippen LogP contribution is 2.02. The van der Waals surface area contributed by atoms with Gasteiger partial charge >= 0.3 is 5.97 Å². The van der Waals surface area contributed by atoms with E-state index < -0.39 is 5.97 Å². The van der Waals surface area contributed by atoms with E-state index in [0.717, 1.165) is 25.7 Å². The Morgan fingerprint density at radius 2 is 1.56 bits per heavy atom. The number of hydrogen-bond acceptors (Lipinski definition) is 1. The molecule has 0 aliphatic carbocycles. The summed E-state index contributed by atoms with van der Waals surface area (Å²) in [5.41, 5.74) is 0. The number of aliphatic carboxylic acids is 1. The highest BCUT2D eigenvalue weighted by atomic mass is 16.4. The molecular formula is C14H24O2. The number of unbranched alkanes of at least 4 members (excludes halogenated alkanes) is 5. The summed E-state index contributed by atoms with van der Waals surface area (Å²) in [5, 5.41) is 8.43. The fourth-order valence-electron chi connectivity index (χ4n) is 1.40. The van der Waals surface area contributed by atoms with Gasteiger partial charge in [0.05, 0.1) is 0 Å². The molecule has 0 rings (SSSR count). The number of allylic oxidation sites excluding steroid dienone is 4. The van der Waals surface area contributed by atoms with Crippen molar-refractivity contribution in [3.05, 3.63) is 24.3 Å². The Kier molecular flexibility index (Phi) is 11.2. The molecule has 2 heteroatoms. The fourth-order valence-corrected chi connectivity index (χ4v) is 1.40. The van der Waals surface area contributed by atoms with E-state index in [9.17, 15) is 4.79 Å². The summed E-state index contributed by atoms with van der Waals surface area (Å²) in [6, 6.07) is 0. The molecule has 0 radical (unpaired) electrons. The van der Waals surface area contributed by atoms with Crippen molar-refractivity contribution in [3.63, 3.8) is 0 Å². The molecule has 92 valence electrons. The van der Waals surface area contributed by atoms with Crippen LogP contribution >= 0.6 is 0 Å². The second-order valence-electron chi connectivity index (χ2n) is 3.99. The van der Waals surface area contributed by atoms with Crippen molar-refractivity contribution in [1.82, 2.24) is 0 Å². The van der Waals surface area contributed by atoms with Crippen molar-refractivity contribution in [1.29, 1.82) is 0 Å². The van der Waals surface area contributed by atoms with Gasteiger partial charge in [-0.2, -0.15) is 0 Å². The van der Waals surface area contributed by atoms with Crippen LogP contribution in [0.2, 0.25) is 0 Å². The minimum atomic E-state index is -0.695. The van der Waals surface area contributed by atoms with Gasteiger partial charge < -0.3 is 5.11 Å². The molecule has 0 aromatic carbocycles. The SMILES string of the molecule is CCCCCC=C/C=C/CCCCC(=O)O. The van der Waals surface area contributed by atoms with E-state index in [1.807, 2.05) is 0 Å². The third-order valence-electron chi connectivity index (χ3n) is 2.37. The minimum absolute atomic E-state index is 0.292. The molecule has 0 fully saturated rings. The Labute approximate surface area is 99.1 Å². The number of carbonyl (C=O) groups is 1. The standard InChI is InChI=1S/C14H24O2/c1-2-3-4-5-6-7-8-9-10-11-12-13-14(15)16/h6-9H,2-5,10-13H2,1H3,(H,15,16)/b7-6?,9-8+. The Balaban J connectivity index is 3.23. The Hall–Kier alpha value is -1.05. The molecule has 0 amide bonds. The smallest absolute Gasteiger partial charge is 0.303 e. The van der Waals surface area contributed by atoms with E-state index >= 15 is 0 Å². The van der Waals surface area contributed by atoms with Gasteiger partial charge in [0, 0.05) is 6.42 Å². The van der Waals surface area contributed by atoms with Crippen molar-refractivity contribution in [2.24, 2.45) is 0 Å². The lowest BCUT2D eigenvalue weighted by molar-refractivity contribution is -0.137. The summed E-state index contributed by atoms with van der Waals surface area (Å²) in [7, 11) is 0. The molecule has 1 N–H and O–H groups in total. The van der Waals surface area contributed by atoms with Crippen LogP contribution in [0.1, 0.15) is 58.3 Å². The molecule has 16 heavy (non-hydrogen) atoms. The van der Waals surface area contributed by atoms with E-state index in [0.29, 0.717) is 6.42 Å². The van der Waals surface area contributed by atoms with Crippen LogP contribution in [-0.4, -0.2) is 11.1 Å². The molecule has 0 aliphatic rings. The highest BCUT2D eigenvalue weighted by Gasteiger charge is 1.93. The Morgan fingerprint density at radius 1 is 1.00 bits per heavy atom. The predicted molar refractivity (Wildman–Crippen MR) is 68.5 cm³/mol. The second kappa shape index (κ2) is 12.0. The van der Waals surface area contributed by atoms with Gasteiger partial charge in [0.1, 0.15) is 0 Å². The maximum atomic E-state index is 10.2. The van der Waals surface area contributed by atoms with Crippen LogP contribution in [0.3, 0.4) is 0 Å². The van der Waals surface area contributed by atoms with Crippen LogP contribution in [0.15, 0.2) is 24.3 Å². The summed E-state index contributed by atoms with van der Waals surface area (Å²) >= 11 is 0. The van der Waals surface area contributed by atoms with Gasteiger partial charge in [0.25, 0.3) is 0 Å². The van der Waals surface area contributed by atoms with Crippen molar-refractivity contribution >= 4 is 5.97 Å². The molecule has 0 spiro atoms. The van der Waals surface area contributed by atoms with E-state index in [4.69, 9.17) is 5.11 Å².